The molecular weight excluding hydrogens is 350 g/mol. The van der Waals surface area contributed by atoms with Crippen LogP contribution in [0.25, 0.3) is 0 Å². The molecule has 1 amide bonds. The number of anilines is 1. The zero-order valence-electron chi connectivity index (χ0n) is 12.8. The number of fused-ring (bicyclic) bond motifs is 1. The summed E-state index contributed by atoms with van der Waals surface area (Å²) in [6.07, 6.45) is 1.15. The van der Waals surface area contributed by atoms with Crippen molar-refractivity contribution < 1.29 is 9.18 Å². The van der Waals surface area contributed by atoms with E-state index in [1.54, 1.807) is 35.2 Å². The third-order valence-corrected chi connectivity index (χ3v) is 5.28. The van der Waals surface area contributed by atoms with Crippen molar-refractivity contribution in [3.05, 3.63) is 63.9 Å². The molecule has 3 nitrogen and oxygen atoms in total. The molecule has 2 aromatic carbocycles. The van der Waals surface area contributed by atoms with Crippen molar-refractivity contribution in [2.75, 3.05) is 11.4 Å². The summed E-state index contributed by atoms with van der Waals surface area (Å²) in [5, 5.41) is 0.859. The fourth-order valence-electron chi connectivity index (χ4n) is 3.72. The Morgan fingerprint density at radius 1 is 1.12 bits per heavy atom. The van der Waals surface area contributed by atoms with E-state index < -0.39 is 12.0 Å². The molecule has 24 heavy (non-hydrogen) atoms. The topological polar surface area (TPSA) is 23.6 Å². The fourth-order valence-corrected chi connectivity index (χ4v) is 4.17. The first-order valence-electron chi connectivity index (χ1n) is 7.86. The Balaban J connectivity index is 1.88. The second-order valence-electron chi connectivity index (χ2n) is 6.09. The molecule has 2 aromatic rings. The fraction of sp³-hybridized carbons (Fsp3) is 0.278. The summed E-state index contributed by atoms with van der Waals surface area (Å²) >= 11 is 12.4. The molecule has 0 unspecified atom stereocenters. The zero-order chi connectivity index (χ0) is 16.8. The number of halogens is 3. The molecule has 2 aliphatic rings. The standard InChI is InChI=1S/C18H15Cl2FN2O/c19-11-4-1-5-12(10-11)23-17(16-13(20)6-2-7-14(16)21)22-9-3-8-15(22)18(23)24/h1-2,4-7,10,15,17H,3,8-9H2/t15-,17+/m0/s1. The normalized spacial score (nSPS) is 23.8. The lowest BCUT2D eigenvalue weighted by molar-refractivity contribution is -0.119. The van der Waals surface area contributed by atoms with E-state index >= 15 is 0 Å². The molecule has 2 fully saturated rings. The molecule has 2 heterocycles. The first kappa shape index (κ1) is 15.9. The van der Waals surface area contributed by atoms with Crippen LogP contribution in [0.5, 0.6) is 0 Å². The summed E-state index contributed by atoms with van der Waals surface area (Å²) in [6, 6.07) is 11.5. The molecule has 6 heteroatoms. The van der Waals surface area contributed by atoms with Gasteiger partial charge in [-0.3, -0.25) is 14.6 Å². The maximum absolute atomic E-state index is 14.6. The monoisotopic (exact) mass is 364 g/mol. The molecule has 2 atom stereocenters. The smallest absolute Gasteiger partial charge is 0.246 e. The molecule has 2 aliphatic heterocycles. The zero-order valence-corrected chi connectivity index (χ0v) is 14.3. The molecule has 0 N–H and O–H groups in total. The van der Waals surface area contributed by atoms with Crippen LogP contribution in [0.4, 0.5) is 10.1 Å². The molecule has 0 aromatic heterocycles. The summed E-state index contributed by atoms with van der Waals surface area (Å²) in [5.74, 6) is -0.432. The first-order chi connectivity index (χ1) is 11.6. The van der Waals surface area contributed by atoms with E-state index in [4.69, 9.17) is 23.2 Å². The van der Waals surface area contributed by atoms with Crippen LogP contribution in [0.2, 0.25) is 10.0 Å². The predicted molar refractivity (Wildman–Crippen MR) is 92.8 cm³/mol. The van der Waals surface area contributed by atoms with Crippen LogP contribution in [-0.2, 0) is 4.79 Å². The Labute approximate surface area is 149 Å². The van der Waals surface area contributed by atoms with Crippen LogP contribution in [0.1, 0.15) is 24.6 Å². The van der Waals surface area contributed by atoms with E-state index in [2.05, 4.69) is 0 Å². The maximum Gasteiger partial charge on any atom is 0.246 e. The molecule has 4 rings (SSSR count). The molecular formula is C18H15Cl2FN2O. The molecule has 0 bridgehead atoms. The highest BCUT2D eigenvalue weighted by Crippen LogP contribution is 2.45. The summed E-state index contributed by atoms with van der Waals surface area (Å²) in [7, 11) is 0. The van der Waals surface area contributed by atoms with Crippen molar-refractivity contribution in [3.63, 3.8) is 0 Å². The Kier molecular flexibility index (Phi) is 3.99. The van der Waals surface area contributed by atoms with Crippen LogP contribution < -0.4 is 4.90 Å². The highest BCUT2D eigenvalue weighted by molar-refractivity contribution is 6.31. The number of carbonyl (C=O) groups is 1. The van der Waals surface area contributed by atoms with Gasteiger partial charge in [-0.2, -0.15) is 0 Å². The SMILES string of the molecule is O=C1[C@@H]2CCCN2[C@@H](c2c(F)cccc2Cl)N1c1cccc(Cl)c1. The van der Waals surface area contributed by atoms with E-state index in [9.17, 15) is 9.18 Å². The van der Waals surface area contributed by atoms with Gasteiger partial charge in [0.25, 0.3) is 0 Å². The van der Waals surface area contributed by atoms with E-state index in [1.807, 2.05) is 11.0 Å². The lowest BCUT2D eigenvalue weighted by atomic mass is 10.1. The van der Waals surface area contributed by atoms with Gasteiger partial charge in [0.05, 0.1) is 11.1 Å². The third-order valence-electron chi connectivity index (χ3n) is 4.72. The second kappa shape index (κ2) is 6.03. The van der Waals surface area contributed by atoms with E-state index in [0.29, 0.717) is 21.3 Å². The van der Waals surface area contributed by atoms with Gasteiger partial charge >= 0.3 is 0 Å². The van der Waals surface area contributed by atoms with Gasteiger partial charge in [0, 0.05) is 22.8 Å². The molecule has 2 saturated heterocycles. The quantitative estimate of drug-likeness (QED) is 0.774. The van der Waals surface area contributed by atoms with E-state index in [0.717, 1.165) is 19.4 Å². The predicted octanol–water partition coefficient (Wildman–Crippen LogP) is 4.64. The lowest BCUT2D eigenvalue weighted by Crippen LogP contribution is -2.33. The van der Waals surface area contributed by atoms with Gasteiger partial charge in [-0.25, -0.2) is 4.39 Å². The van der Waals surface area contributed by atoms with Crippen molar-refractivity contribution in [1.82, 2.24) is 4.90 Å². The minimum absolute atomic E-state index is 0.0286. The van der Waals surface area contributed by atoms with Gasteiger partial charge in [0.15, 0.2) is 0 Å². The number of hydrogen-bond donors (Lipinski definition) is 0. The average Bonchev–Trinajstić information content (AvgIpc) is 3.11. The number of amides is 1. The Morgan fingerprint density at radius 2 is 1.92 bits per heavy atom. The molecule has 124 valence electrons. The van der Waals surface area contributed by atoms with Gasteiger partial charge in [0.1, 0.15) is 12.0 Å². The summed E-state index contributed by atoms with van der Waals surface area (Å²) in [4.78, 5) is 16.6. The van der Waals surface area contributed by atoms with Crippen LogP contribution in [0.3, 0.4) is 0 Å². The van der Waals surface area contributed by atoms with Gasteiger partial charge in [-0.05, 0) is 43.2 Å². The van der Waals surface area contributed by atoms with Gasteiger partial charge in [0.2, 0.25) is 5.91 Å². The largest absolute Gasteiger partial charge is 0.290 e. The Morgan fingerprint density at radius 3 is 2.67 bits per heavy atom. The van der Waals surface area contributed by atoms with Crippen molar-refractivity contribution in [1.29, 1.82) is 0 Å². The number of benzene rings is 2. The van der Waals surface area contributed by atoms with Crippen molar-refractivity contribution in [3.8, 4) is 0 Å². The lowest BCUT2D eigenvalue weighted by Gasteiger charge is -2.30. The first-order valence-corrected chi connectivity index (χ1v) is 8.62. The summed E-state index contributed by atoms with van der Waals surface area (Å²) in [6.45, 7) is 0.739. The molecule has 0 saturated carbocycles. The van der Waals surface area contributed by atoms with Gasteiger partial charge in [-0.1, -0.05) is 35.3 Å². The van der Waals surface area contributed by atoms with Crippen molar-refractivity contribution >= 4 is 34.8 Å². The van der Waals surface area contributed by atoms with Crippen LogP contribution in [-0.4, -0.2) is 23.4 Å². The summed E-state index contributed by atoms with van der Waals surface area (Å²) < 4.78 is 14.6. The Bertz CT molecular complexity index is 793. The van der Waals surface area contributed by atoms with Gasteiger partial charge in [-0.15, -0.1) is 0 Å². The minimum atomic E-state index is -0.544. The Hall–Kier alpha value is -1.62. The molecule has 0 spiro atoms. The maximum atomic E-state index is 14.6. The molecule has 0 aliphatic carbocycles. The highest BCUT2D eigenvalue weighted by atomic mass is 35.5. The van der Waals surface area contributed by atoms with E-state index in [1.165, 1.54) is 6.07 Å². The number of carbonyl (C=O) groups excluding carboxylic acids is 1. The molecule has 0 radical (unpaired) electrons. The number of rotatable bonds is 2. The van der Waals surface area contributed by atoms with Crippen molar-refractivity contribution in [2.45, 2.75) is 25.0 Å². The van der Waals surface area contributed by atoms with Crippen LogP contribution >= 0.6 is 23.2 Å². The van der Waals surface area contributed by atoms with Crippen LogP contribution in [0.15, 0.2) is 42.5 Å². The summed E-state index contributed by atoms with van der Waals surface area (Å²) in [5.41, 5.74) is 1.00. The van der Waals surface area contributed by atoms with Gasteiger partial charge < -0.3 is 0 Å². The highest BCUT2D eigenvalue weighted by Gasteiger charge is 2.50. The van der Waals surface area contributed by atoms with E-state index in [-0.39, 0.29) is 11.9 Å². The third kappa shape index (κ3) is 2.41. The van der Waals surface area contributed by atoms with Crippen molar-refractivity contribution in [2.24, 2.45) is 0 Å². The van der Waals surface area contributed by atoms with Crippen LogP contribution in [0, 0.1) is 5.82 Å². The second-order valence-corrected chi connectivity index (χ2v) is 6.94. The minimum Gasteiger partial charge on any atom is -0.290 e. The number of hydrogen-bond acceptors (Lipinski definition) is 2. The number of nitrogens with zero attached hydrogens (tertiary/aromatic N) is 2. The average molecular weight is 365 g/mol.